The molecule has 4 heteroatoms. The van der Waals surface area contributed by atoms with Crippen LogP contribution in [0.15, 0.2) is 59.5 Å². The van der Waals surface area contributed by atoms with Crippen molar-refractivity contribution in [3.8, 4) is 0 Å². The molecule has 0 fully saturated rings. The highest BCUT2D eigenvalue weighted by Gasteiger charge is 2.09. The zero-order valence-electron chi connectivity index (χ0n) is 10.1. The topological polar surface area (TPSA) is 25.2 Å². The number of fused-ring (bicyclic) bond motifs is 1. The summed E-state index contributed by atoms with van der Waals surface area (Å²) in [4.78, 5) is 1.13. The third-order valence-electron chi connectivity index (χ3n) is 2.89. The van der Waals surface area contributed by atoms with Gasteiger partial charge in [-0.3, -0.25) is 3.97 Å². The van der Waals surface area contributed by atoms with E-state index < -0.39 is 0 Å². The average molecular weight is 290 g/mol. The van der Waals surface area contributed by atoms with Crippen molar-refractivity contribution in [2.24, 2.45) is 0 Å². The lowest BCUT2D eigenvalue weighted by Crippen LogP contribution is -1.93. The predicted octanol–water partition coefficient (Wildman–Crippen LogP) is 4.34. The van der Waals surface area contributed by atoms with Crippen molar-refractivity contribution < 1.29 is 5.11 Å². The second kappa shape index (κ2) is 5.29. The normalized spacial score (nSPS) is 11.1. The summed E-state index contributed by atoms with van der Waals surface area (Å²) in [6, 6.07) is 17.8. The number of aromatic nitrogens is 1. The van der Waals surface area contributed by atoms with E-state index in [4.69, 9.17) is 11.6 Å². The number of hydrogen-bond donors (Lipinski definition) is 1. The Morgan fingerprint density at radius 3 is 2.58 bits per heavy atom. The van der Waals surface area contributed by atoms with Crippen molar-refractivity contribution in [1.29, 1.82) is 0 Å². The maximum atomic E-state index is 9.50. The summed E-state index contributed by atoms with van der Waals surface area (Å²) in [6.45, 7) is 0.00608. The van der Waals surface area contributed by atoms with Gasteiger partial charge in [0, 0.05) is 15.3 Å². The fourth-order valence-electron chi connectivity index (χ4n) is 2.02. The Hall–Kier alpha value is -1.42. The molecule has 0 spiro atoms. The molecule has 0 unspecified atom stereocenters. The fraction of sp³-hybridized carbons (Fsp3) is 0.0667. The van der Waals surface area contributed by atoms with E-state index in [2.05, 4.69) is 0 Å². The summed E-state index contributed by atoms with van der Waals surface area (Å²) in [6.07, 6.45) is 0. The van der Waals surface area contributed by atoms with Gasteiger partial charge < -0.3 is 5.11 Å². The smallest absolute Gasteiger partial charge is 0.0843 e. The third kappa shape index (κ3) is 2.50. The van der Waals surface area contributed by atoms with Gasteiger partial charge in [0.15, 0.2) is 0 Å². The minimum absolute atomic E-state index is 0.00608. The Kier molecular flexibility index (Phi) is 3.51. The van der Waals surface area contributed by atoms with Crippen LogP contribution in [0.4, 0.5) is 0 Å². The Morgan fingerprint density at radius 1 is 1.05 bits per heavy atom. The average Bonchev–Trinajstić information content (AvgIpc) is 2.77. The molecular weight excluding hydrogens is 278 g/mol. The summed E-state index contributed by atoms with van der Waals surface area (Å²) in [5.74, 6) is 0. The SMILES string of the molecule is OCc1cc2cc(Cl)ccc2n1Sc1ccccc1. The second-order valence-electron chi connectivity index (χ2n) is 4.20. The van der Waals surface area contributed by atoms with Crippen molar-refractivity contribution >= 4 is 34.5 Å². The Labute approximate surface area is 120 Å². The molecule has 0 bridgehead atoms. The summed E-state index contributed by atoms with van der Waals surface area (Å²) in [5, 5.41) is 11.2. The minimum Gasteiger partial charge on any atom is -0.390 e. The van der Waals surface area contributed by atoms with E-state index >= 15 is 0 Å². The zero-order valence-corrected chi connectivity index (χ0v) is 11.7. The van der Waals surface area contributed by atoms with E-state index in [0.717, 1.165) is 21.5 Å². The number of benzene rings is 2. The van der Waals surface area contributed by atoms with Crippen LogP contribution in [0.5, 0.6) is 0 Å². The van der Waals surface area contributed by atoms with Crippen LogP contribution >= 0.6 is 23.5 Å². The van der Waals surface area contributed by atoms with Crippen LogP contribution in [0.25, 0.3) is 10.9 Å². The lowest BCUT2D eigenvalue weighted by molar-refractivity contribution is 0.277. The van der Waals surface area contributed by atoms with Crippen LogP contribution in [0, 0.1) is 0 Å². The first-order valence-corrected chi connectivity index (χ1v) is 7.07. The minimum atomic E-state index is 0.00608. The Balaban J connectivity index is 2.11. The molecule has 96 valence electrons. The Bertz CT molecular complexity index is 709. The van der Waals surface area contributed by atoms with Crippen molar-refractivity contribution in [1.82, 2.24) is 3.97 Å². The Morgan fingerprint density at radius 2 is 1.84 bits per heavy atom. The summed E-state index contributed by atoms with van der Waals surface area (Å²) < 4.78 is 2.04. The van der Waals surface area contributed by atoms with E-state index in [-0.39, 0.29) is 6.61 Å². The van der Waals surface area contributed by atoms with E-state index in [1.165, 1.54) is 0 Å². The van der Waals surface area contributed by atoms with E-state index in [1.807, 2.05) is 58.6 Å². The van der Waals surface area contributed by atoms with Crippen LogP contribution in [0.3, 0.4) is 0 Å². The molecule has 0 aliphatic rings. The zero-order chi connectivity index (χ0) is 13.2. The van der Waals surface area contributed by atoms with Gasteiger partial charge in [-0.15, -0.1) is 0 Å². The van der Waals surface area contributed by atoms with Crippen molar-refractivity contribution in [3.63, 3.8) is 0 Å². The fourth-order valence-corrected chi connectivity index (χ4v) is 3.19. The first-order valence-electron chi connectivity index (χ1n) is 5.92. The molecule has 2 aromatic carbocycles. The summed E-state index contributed by atoms with van der Waals surface area (Å²) in [5.41, 5.74) is 1.92. The summed E-state index contributed by atoms with van der Waals surface area (Å²) in [7, 11) is 0. The van der Waals surface area contributed by atoms with Crippen LogP contribution in [-0.2, 0) is 6.61 Å². The molecule has 3 rings (SSSR count). The second-order valence-corrected chi connectivity index (χ2v) is 5.65. The van der Waals surface area contributed by atoms with E-state index in [1.54, 1.807) is 11.9 Å². The molecular formula is C15H12ClNOS. The molecule has 1 N–H and O–H groups in total. The maximum Gasteiger partial charge on any atom is 0.0843 e. The van der Waals surface area contributed by atoms with Gasteiger partial charge in [0.25, 0.3) is 0 Å². The molecule has 0 saturated carbocycles. The van der Waals surface area contributed by atoms with Crippen molar-refractivity contribution in [3.05, 3.63) is 65.3 Å². The van der Waals surface area contributed by atoms with Gasteiger partial charge in [-0.05, 0) is 48.3 Å². The molecule has 0 aliphatic carbocycles. The van der Waals surface area contributed by atoms with Gasteiger partial charge in [0.2, 0.25) is 0 Å². The van der Waals surface area contributed by atoms with Crippen LogP contribution in [0.1, 0.15) is 5.69 Å². The van der Waals surface area contributed by atoms with Gasteiger partial charge in [0.05, 0.1) is 17.8 Å². The third-order valence-corrected chi connectivity index (χ3v) is 4.23. The largest absolute Gasteiger partial charge is 0.390 e. The highest BCUT2D eigenvalue weighted by Crippen LogP contribution is 2.31. The van der Waals surface area contributed by atoms with Gasteiger partial charge in [0.1, 0.15) is 0 Å². The van der Waals surface area contributed by atoms with E-state index in [9.17, 15) is 5.11 Å². The molecule has 0 saturated heterocycles. The number of aliphatic hydroxyl groups is 1. The van der Waals surface area contributed by atoms with Gasteiger partial charge >= 0.3 is 0 Å². The van der Waals surface area contributed by atoms with E-state index in [0.29, 0.717) is 5.02 Å². The number of nitrogens with zero attached hydrogens (tertiary/aromatic N) is 1. The molecule has 0 radical (unpaired) electrons. The number of hydrogen-bond acceptors (Lipinski definition) is 2. The van der Waals surface area contributed by atoms with Crippen LogP contribution in [-0.4, -0.2) is 9.08 Å². The molecule has 0 atom stereocenters. The first-order chi connectivity index (χ1) is 9.28. The standard InChI is InChI=1S/C15H12ClNOS/c16-12-6-7-15-11(8-12)9-13(10-18)17(15)19-14-4-2-1-3-5-14/h1-9,18H,10H2. The summed E-state index contributed by atoms with van der Waals surface area (Å²) >= 11 is 7.60. The molecule has 1 aromatic heterocycles. The van der Waals surface area contributed by atoms with Gasteiger partial charge in [-0.1, -0.05) is 29.8 Å². The number of aliphatic hydroxyl groups excluding tert-OH is 1. The van der Waals surface area contributed by atoms with Crippen LogP contribution in [0.2, 0.25) is 5.02 Å². The predicted molar refractivity (Wildman–Crippen MR) is 80.6 cm³/mol. The quantitative estimate of drug-likeness (QED) is 0.776. The lowest BCUT2D eigenvalue weighted by atomic mass is 10.2. The molecule has 0 amide bonds. The molecule has 2 nitrogen and oxygen atoms in total. The molecule has 1 heterocycles. The highest BCUT2D eigenvalue weighted by atomic mass is 35.5. The lowest BCUT2D eigenvalue weighted by Gasteiger charge is -2.08. The molecule has 0 aliphatic heterocycles. The van der Waals surface area contributed by atoms with Crippen molar-refractivity contribution in [2.45, 2.75) is 11.5 Å². The number of rotatable bonds is 3. The monoisotopic (exact) mass is 289 g/mol. The van der Waals surface area contributed by atoms with Gasteiger partial charge in [-0.2, -0.15) is 0 Å². The van der Waals surface area contributed by atoms with Gasteiger partial charge in [-0.25, -0.2) is 0 Å². The molecule has 3 aromatic rings. The number of halogens is 1. The highest BCUT2D eigenvalue weighted by molar-refractivity contribution is 7.98. The van der Waals surface area contributed by atoms with Crippen molar-refractivity contribution in [2.75, 3.05) is 0 Å². The maximum absolute atomic E-state index is 9.50. The van der Waals surface area contributed by atoms with Crippen LogP contribution < -0.4 is 0 Å². The molecule has 19 heavy (non-hydrogen) atoms. The first kappa shape index (κ1) is 12.6.